The number of hydrogen-bond acceptors (Lipinski definition) is 0. The van der Waals surface area contributed by atoms with Crippen LogP contribution in [0.5, 0.6) is 0 Å². The lowest BCUT2D eigenvalue weighted by Crippen LogP contribution is -2.39. The van der Waals surface area contributed by atoms with Crippen LogP contribution in [-0.2, 0) is 0 Å². The second-order valence-corrected chi connectivity index (χ2v) is 8.14. The molecule has 127 valence electrons. The van der Waals surface area contributed by atoms with E-state index in [-0.39, 0.29) is 24.7 Å². The van der Waals surface area contributed by atoms with Gasteiger partial charge in [0.25, 0.3) is 0 Å². The van der Waals surface area contributed by atoms with Gasteiger partial charge in [-0.05, 0) is 81.0 Å². The Hall–Kier alpha value is -0.210. The molecule has 0 amide bonds. The standard InChI is InChI=1S/C19H30F3/c1-12-2-4-13(5-3-12)14-6-8-16(18(21)10-14)15-7-9-17(20)19(22)11-15/h12,14-19H,2-11H2,1H3. The van der Waals surface area contributed by atoms with E-state index in [2.05, 4.69) is 6.92 Å². The third-order valence-electron chi connectivity index (χ3n) is 6.66. The van der Waals surface area contributed by atoms with E-state index in [4.69, 9.17) is 0 Å². The van der Waals surface area contributed by atoms with Crippen LogP contribution in [0.15, 0.2) is 0 Å². The Bertz CT molecular complexity index is 351. The topological polar surface area (TPSA) is 0 Å². The highest BCUT2D eigenvalue weighted by molar-refractivity contribution is 5.03. The highest BCUT2D eigenvalue weighted by Crippen LogP contribution is 2.47. The Morgan fingerprint density at radius 1 is 0.727 bits per heavy atom. The van der Waals surface area contributed by atoms with Gasteiger partial charge in [-0.2, -0.15) is 0 Å². The summed E-state index contributed by atoms with van der Waals surface area (Å²) < 4.78 is 41.6. The highest BCUT2D eigenvalue weighted by Gasteiger charge is 2.42. The molecule has 0 nitrogen and oxygen atoms in total. The van der Waals surface area contributed by atoms with Crippen LogP contribution >= 0.6 is 0 Å². The first-order valence-electron chi connectivity index (χ1n) is 9.31. The Balaban J connectivity index is 1.52. The summed E-state index contributed by atoms with van der Waals surface area (Å²) in [6.07, 6.45) is 5.19. The average Bonchev–Trinajstić information content (AvgIpc) is 2.51. The van der Waals surface area contributed by atoms with Crippen LogP contribution in [0.25, 0.3) is 0 Å². The molecule has 6 atom stereocenters. The van der Waals surface area contributed by atoms with Gasteiger partial charge in [0.1, 0.15) is 18.5 Å². The predicted octanol–water partition coefficient (Wildman–Crippen LogP) is 6.00. The molecule has 3 aliphatic carbocycles. The molecule has 3 aliphatic rings. The van der Waals surface area contributed by atoms with Crippen molar-refractivity contribution in [1.29, 1.82) is 0 Å². The first kappa shape index (κ1) is 16.6. The van der Waals surface area contributed by atoms with Crippen LogP contribution < -0.4 is 0 Å². The first-order valence-corrected chi connectivity index (χ1v) is 9.31. The van der Waals surface area contributed by atoms with Crippen LogP contribution in [0.1, 0.15) is 71.1 Å². The predicted molar refractivity (Wildman–Crippen MR) is 83.7 cm³/mol. The summed E-state index contributed by atoms with van der Waals surface area (Å²) in [5.41, 5.74) is 0. The fourth-order valence-electron chi connectivity index (χ4n) is 5.08. The summed E-state index contributed by atoms with van der Waals surface area (Å²) in [6.45, 7) is 2.31. The average molecular weight is 315 g/mol. The fraction of sp³-hybridized carbons (Fsp3) is 0.947. The lowest BCUT2D eigenvalue weighted by atomic mass is 9.65. The van der Waals surface area contributed by atoms with Gasteiger partial charge in [-0.3, -0.25) is 0 Å². The van der Waals surface area contributed by atoms with Gasteiger partial charge in [-0.25, -0.2) is 13.2 Å². The Labute approximate surface area is 133 Å². The molecule has 3 rings (SSSR count). The molecule has 1 radical (unpaired) electrons. The third kappa shape index (κ3) is 3.64. The van der Waals surface area contributed by atoms with E-state index in [0.29, 0.717) is 18.8 Å². The van der Waals surface area contributed by atoms with Gasteiger partial charge >= 0.3 is 0 Å². The molecule has 0 N–H and O–H groups in total. The van der Waals surface area contributed by atoms with Gasteiger partial charge in [0, 0.05) is 0 Å². The van der Waals surface area contributed by atoms with E-state index >= 15 is 0 Å². The molecular weight excluding hydrogens is 285 g/mol. The van der Waals surface area contributed by atoms with E-state index in [1.807, 2.05) is 0 Å². The molecule has 0 aromatic heterocycles. The second-order valence-electron chi connectivity index (χ2n) is 8.14. The summed E-state index contributed by atoms with van der Waals surface area (Å²) >= 11 is 0. The highest BCUT2D eigenvalue weighted by atomic mass is 19.2. The smallest absolute Gasteiger partial charge is 0.131 e. The van der Waals surface area contributed by atoms with Crippen LogP contribution in [0.2, 0.25) is 0 Å². The van der Waals surface area contributed by atoms with Crippen molar-refractivity contribution >= 4 is 0 Å². The molecule has 22 heavy (non-hydrogen) atoms. The summed E-state index contributed by atoms with van der Waals surface area (Å²) in [7, 11) is 0. The largest absolute Gasteiger partial charge is 0.247 e. The Morgan fingerprint density at radius 2 is 1.45 bits per heavy atom. The minimum absolute atomic E-state index is 0.0230. The lowest BCUT2D eigenvalue weighted by Gasteiger charge is -2.42. The number of hydrogen-bond donors (Lipinski definition) is 0. The summed E-state index contributed by atoms with van der Waals surface area (Å²) in [4.78, 5) is 0. The molecule has 0 aliphatic heterocycles. The van der Waals surface area contributed by atoms with Crippen molar-refractivity contribution in [3.63, 3.8) is 0 Å². The second kappa shape index (κ2) is 7.13. The molecule has 0 spiro atoms. The summed E-state index contributed by atoms with van der Waals surface area (Å²) in [5.74, 6) is 2.91. The zero-order valence-electron chi connectivity index (χ0n) is 13.7. The third-order valence-corrected chi connectivity index (χ3v) is 6.66. The van der Waals surface area contributed by atoms with Gasteiger partial charge < -0.3 is 0 Å². The summed E-state index contributed by atoms with van der Waals surface area (Å²) in [5, 5.41) is 0. The Morgan fingerprint density at radius 3 is 2.09 bits per heavy atom. The van der Waals surface area contributed by atoms with Gasteiger partial charge in [-0.1, -0.05) is 19.8 Å². The lowest BCUT2D eigenvalue weighted by molar-refractivity contribution is 0.0190. The van der Waals surface area contributed by atoms with E-state index in [1.54, 1.807) is 5.92 Å². The minimum Gasteiger partial charge on any atom is -0.247 e. The molecule has 0 saturated heterocycles. The SMILES string of the molecule is CC1CC[C](C2CCC(C3CCC(F)C(F)C3)C(F)C2)CC1. The van der Waals surface area contributed by atoms with Gasteiger partial charge in [0.2, 0.25) is 0 Å². The first-order chi connectivity index (χ1) is 10.5. The zero-order chi connectivity index (χ0) is 15.7. The van der Waals surface area contributed by atoms with Crippen LogP contribution in [-0.4, -0.2) is 18.5 Å². The van der Waals surface area contributed by atoms with Crippen molar-refractivity contribution in [3.8, 4) is 0 Å². The molecular formula is C19H30F3. The number of alkyl halides is 3. The monoisotopic (exact) mass is 315 g/mol. The van der Waals surface area contributed by atoms with Gasteiger partial charge in [-0.15, -0.1) is 0 Å². The number of rotatable bonds is 2. The summed E-state index contributed by atoms with van der Waals surface area (Å²) in [6, 6.07) is 0. The fourth-order valence-corrected chi connectivity index (χ4v) is 5.08. The van der Waals surface area contributed by atoms with Crippen molar-refractivity contribution < 1.29 is 13.2 Å². The maximum Gasteiger partial charge on any atom is 0.131 e. The van der Waals surface area contributed by atoms with E-state index in [0.717, 1.165) is 18.8 Å². The van der Waals surface area contributed by atoms with Crippen molar-refractivity contribution in [2.75, 3.05) is 0 Å². The van der Waals surface area contributed by atoms with Crippen LogP contribution in [0, 0.1) is 29.6 Å². The normalized spacial score (nSPS) is 45.8. The van der Waals surface area contributed by atoms with Gasteiger partial charge in [0.05, 0.1) is 0 Å². The quantitative estimate of drug-likeness (QED) is 0.586. The van der Waals surface area contributed by atoms with Gasteiger partial charge in [0.15, 0.2) is 0 Å². The molecule has 0 aromatic carbocycles. The van der Waals surface area contributed by atoms with E-state index in [1.165, 1.54) is 25.7 Å². The van der Waals surface area contributed by atoms with E-state index in [9.17, 15) is 13.2 Å². The molecule has 0 bridgehead atoms. The molecule has 3 saturated carbocycles. The van der Waals surface area contributed by atoms with E-state index < -0.39 is 18.5 Å². The zero-order valence-corrected chi connectivity index (χ0v) is 13.7. The number of halogens is 3. The van der Waals surface area contributed by atoms with Crippen molar-refractivity contribution in [2.24, 2.45) is 23.7 Å². The molecule has 0 aromatic rings. The minimum atomic E-state index is -1.36. The molecule has 0 heterocycles. The molecule has 3 fully saturated rings. The van der Waals surface area contributed by atoms with Crippen LogP contribution in [0.3, 0.4) is 0 Å². The molecule has 3 heteroatoms. The van der Waals surface area contributed by atoms with Crippen LogP contribution in [0.4, 0.5) is 13.2 Å². The molecule has 6 unspecified atom stereocenters. The van der Waals surface area contributed by atoms with Crippen molar-refractivity contribution in [1.82, 2.24) is 0 Å². The van der Waals surface area contributed by atoms with Crippen molar-refractivity contribution in [2.45, 2.75) is 89.6 Å². The Kier molecular flexibility index (Phi) is 5.39. The van der Waals surface area contributed by atoms with Crippen molar-refractivity contribution in [3.05, 3.63) is 5.92 Å². The maximum atomic E-state index is 14.7. The maximum absolute atomic E-state index is 14.7.